The number of hydrogen-bond acceptors (Lipinski definition) is 4. The third-order valence-electron chi connectivity index (χ3n) is 7.58. The molecule has 7 nitrogen and oxygen atoms in total. The van der Waals surface area contributed by atoms with Crippen molar-refractivity contribution in [3.05, 3.63) is 129 Å². The van der Waals surface area contributed by atoms with Crippen LogP contribution in [0.2, 0.25) is 0 Å². The van der Waals surface area contributed by atoms with Crippen LogP contribution < -0.4 is 9.62 Å². The number of carbonyl (C=O) groups is 2. The molecular weight excluding hydrogens is 650 g/mol. The molecule has 4 rings (SSSR count). The second kappa shape index (κ2) is 15.4. The maximum atomic E-state index is 14.6. The summed E-state index contributed by atoms with van der Waals surface area (Å²) >= 11 is 3.52. The lowest BCUT2D eigenvalue weighted by molar-refractivity contribution is -0.140. The molecule has 9 heteroatoms. The molecule has 0 radical (unpaired) electrons. The Hall–Kier alpha value is -3.95. The van der Waals surface area contributed by atoms with Gasteiger partial charge in [-0.25, -0.2) is 8.42 Å². The van der Waals surface area contributed by atoms with E-state index < -0.39 is 28.5 Å². The zero-order valence-electron chi connectivity index (χ0n) is 26.2. The van der Waals surface area contributed by atoms with Crippen molar-refractivity contribution < 1.29 is 18.0 Å². The fraction of sp³-hybridized carbons (Fsp3) is 0.278. The van der Waals surface area contributed by atoms with Crippen LogP contribution in [0.1, 0.15) is 41.2 Å². The van der Waals surface area contributed by atoms with E-state index in [1.807, 2.05) is 94.4 Å². The van der Waals surface area contributed by atoms with Crippen molar-refractivity contribution in [2.45, 2.75) is 58.0 Å². The van der Waals surface area contributed by atoms with Gasteiger partial charge in [-0.1, -0.05) is 95.1 Å². The maximum Gasteiger partial charge on any atom is 0.264 e. The second-order valence-electron chi connectivity index (χ2n) is 11.3. The number of nitrogens with one attached hydrogen (secondary N) is 1. The first-order chi connectivity index (χ1) is 21.5. The van der Waals surface area contributed by atoms with Gasteiger partial charge in [-0.3, -0.25) is 13.9 Å². The number of anilines is 1. The molecule has 2 amide bonds. The number of carbonyl (C=O) groups excluding carboxylic acids is 2. The summed E-state index contributed by atoms with van der Waals surface area (Å²) < 4.78 is 30.6. The predicted molar refractivity (Wildman–Crippen MR) is 184 cm³/mol. The molecule has 1 atom stereocenters. The van der Waals surface area contributed by atoms with Crippen molar-refractivity contribution in [3.8, 4) is 0 Å². The first kappa shape index (κ1) is 33.9. The van der Waals surface area contributed by atoms with E-state index in [1.165, 1.54) is 9.21 Å². The minimum Gasteiger partial charge on any atom is -0.354 e. The molecule has 0 unspecified atom stereocenters. The van der Waals surface area contributed by atoms with Gasteiger partial charge in [0.1, 0.15) is 12.6 Å². The topological polar surface area (TPSA) is 86.8 Å². The van der Waals surface area contributed by atoms with Crippen LogP contribution in [0.15, 0.2) is 106 Å². The summed E-state index contributed by atoms with van der Waals surface area (Å²) in [6.07, 6.45) is 1.00. The Bertz CT molecular complexity index is 1730. The van der Waals surface area contributed by atoms with E-state index in [2.05, 4.69) is 21.2 Å². The van der Waals surface area contributed by atoms with Crippen LogP contribution in [0.25, 0.3) is 0 Å². The monoisotopic (exact) mass is 689 g/mol. The van der Waals surface area contributed by atoms with Crippen LogP contribution in [0.4, 0.5) is 5.69 Å². The van der Waals surface area contributed by atoms with E-state index in [0.717, 1.165) is 33.1 Å². The van der Waals surface area contributed by atoms with Gasteiger partial charge in [0.15, 0.2) is 0 Å². The van der Waals surface area contributed by atoms with E-state index in [0.29, 0.717) is 17.8 Å². The smallest absolute Gasteiger partial charge is 0.264 e. The summed E-state index contributed by atoms with van der Waals surface area (Å²) in [5.74, 6) is -0.775. The zero-order chi connectivity index (χ0) is 32.6. The number of aryl methyl sites for hydroxylation is 3. The quantitative estimate of drug-likeness (QED) is 0.169. The van der Waals surface area contributed by atoms with E-state index >= 15 is 0 Å². The van der Waals surface area contributed by atoms with Gasteiger partial charge < -0.3 is 10.2 Å². The molecule has 0 saturated heterocycles. The van der Waals surface area contributed by atoms with Crippen molar-refractivity contribution in [1.82, 2.24) is 10.2 Å². The zero-order valence-corrected chi connectivity index (χ0v) is 28.6. The number of benzene rings is 4. The van der Waals surface area contributed by atoms with Crippen molar-refractivity contribution in [1.29, 1.82) is 0 Å². The molecule has 0 heterocycles. The van der Waals surface area contributed by atoms with Crippen LogP contribution in [0.3, 0.4) is 0 Å². The summed E-state index contributed by atoms with van der Waals surface area (Å²) in [6.45, 7) is 7.65. The van der Waals surface area contributed by atoms with Gasteiger partial charge in [0.25, 0.3) is 10.0 Å². The molecule has 0 aliphatic heterocycles. The SMILES string of the molecule is CCCNC(=O)[C@@H](Cc1ccccc1)N(Cc1cccc(Br)c1)C(=O)CN(c1cc(C)ccc1C)S(=O)(=O)c1ccc(C)cc1. The lowest BCUT2D eigenvalue weighted by Crippen LogP contribution is -2.53. The third kappa shape index (κ3) is 8.83. The van der Waals surface area contributed by atoms with Gasteiger partial charge in [-0.2, -0.15) is 0 Å². The fourth-order valence-electron chi connectivity index (χ4n) is 5.09. The highest BCUT2D eigenvalue weighted by Gasteiger charge is 2.35. The molecule has 0 saturated carbocycles. The number of sulfonamides is 1. The molecule has 4 aromatic rings. The first-order valence-electron chi connectivity index (χ1n) is 15.0. The number of halogens is 1. The predicted octanol–water partition coefficient (Wildman–Crippen LogP) is 6.74. The van der Waals surface area contributed by atoms with Gasteiger partial charge >= 0.3 is 0 Å². The lowest BCUT2D eigenvalue weighted by Gasteiger charge is -2.34. The summed E-state index contributed by atoms with van der Waals surface area (Å²) in [5, 5.41) is 2.97. The molecule has 1 N–H and O–H groups in total. The maximum absolute atomic E-state index is 14.6. The van der Waals surface area contributed by atoms with Gasteiger partial charge in [0.05, 0.1) is 10.6 Å². The van der Waals surface area contributed by atoms with Crippen molar-refractivity contribution in [2.24, 2.45) is 0 Å². The summed E-state index contributed by atoms with van der Waals surface area (Å²) in [4.78, 5) is 30.0. The number of hydrogen-bond donors (Lipinski definition) is 1. The molecule has 0 aromatic heterocycles. The Morgan fingerprint density at radius 2 is 1.49 bits per heavy atom. The Balaban J connectivity index is 1.83. The minimum atomic E-state index is -4.16. The highest BCUT2D eigenvalue weighted by Crippen LogP contribution is 2.29. The molecule has 0 aliphatic carbocycles. The molecule has 0 spiro atoms. The van der Waals surface area contributed by atoms with Crippen LogP contribution in [-0.4, -0.2) is 44.3 Å². The average Bonchev–Trinajstić information content (AvgIpc) is 3.02. The summed E-state index contributed by atoms with van der Waals surface area (Å²) in [6, 6.07) is 28.3. The van der Waals surface area contributed by atoms with Gasteiger partial charge in [0.2, 0.25) is 11.8 Å². The molecule has 0 aliphatic rings. The van der Waals surface area contributed by atoms with E-state index in [1.54, 1.807) is 30.3 Å². The van der Waals surface area contributed by atoms with E-state index in [4.69, 9.17) is 0 Å². The van der Waals surface area contributed by atoms with Crippen molar-refractivity contribution in [3.63, 3.8) is 0 Å². The largest absolute Gasteiger partial charge is 0.354 e. The van der Waals surface area contributed by atoms with Crippen molar-refractivity contribution in [2.75, 3.05) is 17.4 Å². The number of amides is 2. The van der Waals surface area contributed by atoms with Crippen LogP contribution in [-0.2, 0) is 32.6 Å². The summed E-state index contributed by atoms with van der Waals surface area (Å²) in [7, 11) is -4.16. The number of rotatable bonds is 13. The normalized spacial score (nSPS) is 11.9. The Labute approximate surface area is 275 Å². The Morgan fingerprint density at radius 1 is 0.822 bits per heavy atom. The molecule has 4 aromatic carbocycles. The first-order valence-corrected chi connectivity index (χ1v) is 17.2. The fourth-order valence-corrected chi connectivity index (χ4v) is 7.01. The molecular formula is C36H40BrN3O4S. The highest BCUT2D eigenvalue weighted by atomic mass is 79.9. The van der Waals surface area contributed by atoms with Crippen LogP contribution >= 0.6 is 15.9 Å². The standard InChI is InChI=1S/C36H40BrN3O4S/c1-5-20-38-36(42)34(23-29-10-7-6-8-11-29)39(24-30-12-9-13-31(37)22-30)35(41)25-40(33-21-27(3)14-17-28(33)4)45(43,44)32-18-15-26(2)16-19-32/h6-19,21-22,34H,5,20,23-25H2,1-4H3,(H,38,42)/t34-/m1/s1. The molecule has 236 valence electrons. The molecule has 0 bridgehead atoms. The second-order valence-corrected chi connectivity index (χ2v) is 14.0. The van der Waals surface area contributed by atoms with E-state index in [-0.39, 0.29) is 23.8 Å². The molecule has 0 fully saturated rings. The van der Waals surface area contributed by atoms with E-state index in [9.17, 15) is 18.0 Å². The Morgan fingerprint density at radius 3 is 2.16 bits per heavy atom. The van der Waals surface area contributed by atoms with Gasteiger partial charge in [-0.15, -0.1) is 0 Å². The number of nitrogens with zero attached hydrogens (tertiary/aromatic N) is 2. The molecule has 45 heavy (non-hydrogen) atoms. The van der Waals surface area contributed by atoms with Gasteiger partial charge in [-0.05, 0) is 79.8 Å². The van der Waals surface area contributed by atoms with Gasteiger partial charge in [0, 0.05) is 24.0 Å². The highest BCUT2D eigenvalue weighted by molar-refractivity contribution is 9.10. The van der Waals surface area contributed by atoms with Crippen LogP contribution in [0, 0.1) is 20.8 Å². The third-order valence-corrected chi connectivity index (χ3v) is 9.85. The minimum absolute atomic E-state index is 0.0851. The average molecular weight is 691 g/mol. The lowest BCUT2D eigenvalue weighted by atomic mass is 10.0. The summed E-state index contributed by atoms with van der Waals surface area (Å²) in [5.41, 5.74) is 4.61. The van der Waals surface area contributed by atoms with Crippen molar-refractivity contribution >= 4 is 43.5 Å². The van der Waals surface area contributed by atoms with Crippen LogP contribution in [0.5, 0.6) is 0 Å². The Kier molecular flexibility index (Phi) is 11.6.